The van der Waals surface area contributed by atoms with Crippen molar-refractivity contribution in [2.24, 2.45) is 0 Å². The van der Waals surface area contributed by atoms with Crippen LogP contribution in [0.3, 0.4) is 0 Å². The predicted octanol–water partition coefficient (Wildman–Crippen LogP) is 0.618. The number of nitrogens with one attached hydrogen (secondary N) is 1. The third-order valence-corrected chi connectivity index (χ3v) is 5.06. The van der Waals surface area contributed by atoms with Crippen LogP contribution in [-0.2, 0) is 22.9 Å². The lowest BCUT2D eigenvalue weighted by Gasteiger charge is -2.21. The summed E-state index contributed by atoms with van der Waals surface area (Å²) in [6, 6.07) is 4.02. The van der Waals surface area contributed by atoms with E-state index in [2.05, 4.69) is 10.2 Å². The highest BCUT2D eigenvalue weighted by Gasteiger charge is 2.30. The number of hydrogen-bond donors (Lipinski definition) is 1. The van der Waals surface area contributed by atoms with Gasteiger partial charge < -0.3 is 9.73 Å². The summed E-state index contributed by atoms with van der Waals surface area (Å²) in [6.07, 6.45) is 0.725. The summed E-state index contributed by atoms with van der Waals surface area (Å²) in [4.78, 5) is 2.06. The highest BCUT2D eigenvalue weighted by Crippen LogP contribution is 2.19. The molecule has 0 bridgehead atoms. The van der Waals surface area contributed by atoms with E-state index in [1.165, 1.54) is 0 Å². The first-order chi connectivity index (χ1) is 8.50. The molecule has 0 radical (unpaired) electrons. The van der Waals surface area contributed by atoms with Crippen LogP contribution >= 0.6 is 0 Å². The van der Waals surface area contributed by atoms with Crippen molar-refractivity contribution in [1.82, 2.24) is 10.2 Å². The molecule has 1 aromatic rings. The van der Waals surface area contributed by atoms with Crippen molar-refractivity contribution in [2.45, 2.75) is 25.6 Å². The van der Waals surface area contributed by atoms with Crippen molar-refractivity contribution in [3.05, 3.63) is 23.7 Å². The standard InChI is InChI=1S/C12H20N2O3S/c1-13-7-11-3-4-12(17-11)8-14(2)10-5-6-18(15,16)9-10/h3-4,10,13H,5-9H2,1-2H3. The Morgan fingerprint density at radius 3 is 2.78 bits per heavy atom. The Balaban J connectivity index is 1.92. The van der Waals surface area contributed by atoms with Crippen molar-refractivity contribution in [3.8, 4) is 0 Å². The molecule has 1 unspecified atom stereocenters. The maximum Gasteiger partial charge on any atom is 0.151 e. The molecule has 1 aliphatic rings. The van der Waals surface area contributed by atoms with Crippen LogP contribution in [0.15, 0.2) is 16.5 Å². The summed E-state index contributed by atoms with van der Waals surface area (Å²) in [5, 5.41) is 3.03. The third kappa shape index (κ3) is 3.34. The van der Waals surface area contributed by atoms with Crippen LogP contribution in [-0.4, -0.2) is 45.0 Å². The Hall–Kier alpha value is -0.850. The van der Waals surface area contributed by atoms with E-state index in [0.717, 1.165) is 17.9 Å². The van der Waals surface area contributed by atoms with E-state index in [0.29, 0.717) is 18.8 Å². The van der Waals surface area contributed by atoms with Crippen molar-refractivity contribution in [3.63, 3.8) is 0 Å². The minimum Gasteiger partial charge on any atom is -0.463 e. The van der Waals surface area contributed by atoms with Gasteiger partial charge in [-0.3, -0.25) is 4.90 Å². The van der Waals surface area contributed by atoms with E-state index in [1.54, 1.807) is 0 Å². The topological polar surface area (TPSA) is 62.6 Å². The Morgan fingerprint density at radius 1 is 1.44 bits per heavy atom. The Bertz CT molecular complexity index is 495. The van der Waals surface area contributed by atoms with Crippen LogP contribution in [0.4, 0.5) is 0 Å². The van der Waals surface area contributed by atoms with E-state index < -0.39 is 9.84 Å². The fraction of sp³-hybridized carbons (Fsp3) is 0.667. The Kier molecular flexibility index (Phi) is 4.09. The fourth-order valence-corrected chi connectivity index (χ4v) is 4.08. The van der Waals surface area contributed by atoms with Crippen LogP contribution in [0.25, 0.3) is 0 Å². The van der Waals surface area contributed by atoms with Gasteiger partial charge in [-0.05, 0) is 32.6 Å². The van der Waals surface area contributed by atoms with Gasteiger partial charge in [-0.2, -0.15) is 0 Å². The number of rotatable bonds is 5. The zero-order chi connectivity index (χ0) is 13.2. The molecular weight excluding hydrogens is 252 g/mol. The normalized spacial score (nSPS) is 22.7. The minimum atomic E-state index is -2.82. The first-order valence-corrected chi connectivity index (χ1v) is 7.95. The van der Waals surface area contributed by atoms with Gasteiger partial charge in [-0.25, -0.2) is 8.42 Å². The highest BCUT2D eigenvalue weighted by molar-refractivity contribution is 7.91. The third-order valence-electron chi connectivity index (χ3n) is 3.31. The maximum atomic E-state index is 11.4. The van der Waals surface area contributed by atoms with Gasteiger partial charge in [0.05, 0.1) is 24.6 Å². The Labute approximate surface area is 108 Å². The smallest absolute Gasteiger partial charge is 0.151 e. The van der Waals surface area contributed by atoms with Crippen LogP contribution in [0.2, 0.25) is 0 Å². The fourth-order valence-electron chi connectivity index (χ4n) is 2.27. The van der Waals surface area contributed by atoms with E-state index in [-0.39, 0.29) is 11.8 Å². The molecule has 1 fully saturated rings. The molecule has 0 aliphatic carbocycles. The summed E-state index contributed by atoms with van der Waals surface area (Å²) >= 11 is 0. The second kappa shape index (κ2) is 5.42. The number of sulfone groups is 1. The first kappa shape index (κ1) is 13.6. The van der Waals surface area contributed by atoms with Gasteiger partial charge in [-0.1, -0.05) is 0 Å². The average Bonchev–Trinajstić information content (AvgIpc) is 2.86. The van der Waals surface area contributed by atoms with E-state index in [9.17, 15) is 8.42 Å². The van der Waals surface area contributed by atoms with Gasteiger partial charge in [0.1, 0.15) is 11.5 Å². The zero-order valence-electron chi connectivity index (χ0n) is 10.8. The molecule has 2 heterocycles. The summed E-state index contributed by atoms with van der Waals surface area (Å²) in [6.45, 7) is 1.37. The molecule has 1 aliphatic heterocycles. The van der Waals surface area contributed by atoms with Crippen molar-refractivity contribution < 1.29 is 12.8 Å². The molecule has 102 valence electrons. The largest absolute Gasteiger partial charge is 0.463 e. The predicted molar refractivity (Wildman–Crippen MR) is 70.0 cm³/mol. The van der Waals surface area contributed by atoms with Gasteiger partial charge in [0.25, 0.3) is 0 Å². The quantitative estimate of drug-likeness (QED) is 0.851. The molecule has 0 amide bonds. The van der Waals surface area contributed by atoms with Gasteiger partial charge >= 0.3 is 0 Å². The molecule has 18 heavy (non-hydrogen) atoms. The van der Waals surface area contributed by atoms with Crippen LogP contribution in [0.1, 0.15) is 17.9 Å². The lowest BCUT2D eigenvalue weighted by atomic mass is 10.2. The first-order valence-electron chi connectivity index (χ1n) is 6.13. The van der Waals surface area contributed by atoms with Gasteiger partial charge in [0.15, 0.2) is 9.84 Å². The molecule has 6 heteroatoms. The van der Waals surface area contributed by atoms with Crippen LogP contribution in [0, 0.1) is 0 Å². The molecule has 2 rings (SSSR count). The molecule has 1 N–H and O–H groups in total. The second-order valence-electron chi connectivity index (χ2n) is 4.87. The molecule has 5 nitrogen and oxygen atoms in total. The number of hydrogen-bond acceptors (Lipinski definition) is 5. The summed E-state index contributed by atoms with van der Waals surface area (Å²) < 4.78 is 28.5. The maximum absolute atomic E-state index is 11.4. The Morgan fingerprint density at radius 2 is 2.17 bits per heavy atom. The average molecular weight is 272 g/mol. The molecule has 0 spiro atoms. The number of furan rings is 1. The van der Waals surface area contributed by atoms with E-state index in [1.807, 2.05) is 26.2 Å². The summed E-state index contributed by atoms with van der Waals surface area (Å²) in [7, 11) is 1.00. The minimum absolute atomic E-state index is 0.118. The van der Waals surface area contributed by atoms with Crippen LogP contribution < -0.4 is 5.32 Å². The summed E-state index contributed by atoms with van der Waals surface area (Å²) in [5.74, 6) is 2.37. The molecule has 0 aromatic carbocycles. The SMILES string of the molecule is CNCc1ccc(CN(C)C2CCS(=O)(=O)C2)o1. The molecule has 1 atom stereocenters. The molecule has 0 saturated carbocycles. The van der Waals surface area contributed by atoms with Gasteiger partial charge in [-0.15, -0.1) is 0 Å². The highest BCUT2D eigenvalue weighted by atomic mass is 32.2. The lowest BCUT2D eigenvalue weighted by molar-refractivity contribution is 0.231. The van der Waals surface area contributed by atoms with Crippen molar-refractivity contribution in [2.75, 3.05) is 25.6 Å². The van der Waals surface area contributed by atoms with Gasteiger partial charge in [0, 0.05) is 6.04 Å². The number of nitrogens with zero attached hydrogens (tertiary/aromatic N) is 1. The lowest BCUT2D eigenvalue weighted by Crippen LogP contribution is -2.31. The van der Waals surface area contributed by atoms with Crippen molar-refractivity contribution >= 4 is 9.84 Å². The molecule has 1 saturated heterocycles. The second-order valence-corrected chi connectivity index (χ2v) is 7.10. The van der Waals surface area contributed by atoms with E-state index >= 15 is 0 Å². The van der Waals surface area contributed by atoms with E-state index in [4.69, 9.17) is 4.42 Å². The zero-order valence-corrected chi connectivity index (χ0v) is 11.7. The monoisotopic (exact) mass is 272 g/mol. The van der Waals surface area contributed by atoms with Crippen molar-refractivity contribution in [1.29, 1.82) is 0 Å². The molecular formula is C12H20N2O3S. The van der Waals surface area contributed by atoms with Gasteiger partial charge in [0.2, 0.25) is 0 Å². The molecule has 1 aromatic heterocycles. The van der Waals surface area contributed by atoms with Crippen LogP contribution in [0.5, 0.6) is 0 Å². The summed E-state index contributed by atoms with van der Waals surface area (Å²) in [5.41, 5.74) is 0.